The van der Waals surface area contributed by atoms with E-state index in [1.165, 1.54) is 9.80 Å². The predicted molar refractivity (Wildman–Crippen MR) is 129 cm³/mol. The molecule has 1 heterocycles. The minimum Gasteiger partial charge on any atom is -0.395 e. The lowest BCUT2D eigenvalue weighted by Crippen LogP contribution is -2.48. The second kappa shape index (κ2) is 9.14. The molecule has 1 aliphatic heterocycles. The molecule has 2 aromatic rings. The number of imide groups is 1. The average Bonchev–Trinajstić information content (AvgIpc) is 3.31. The largest absolute Gasteiger partial charge is 0.395 e. The van der Waals surface area contributed by atoms with Gasteiger partial charge in [0.2, 0.25) is 11.8 Å². The second-order valence-electron chi connectivity index (χ2n) is 9.92. The van der Waals surface area contributed by atoms with Gasteiger partial charge in [-0.15, -0.1) is 0 Å². The molecular formula is C26H30N4O5. The Bertz CT molecular complexity index is 1180. The minimum absolute atomic E-state index is 0.183. The van der Waals surface area contributed by atoms with Crippen LogP contribution in [-0.4, -0.2) is 64.4 Å². The molecule has 3 N–H and O–H groups in total. The first-order valence-corrected chi connectivity index (χ1v) is 11.5. The fourth-order valence-corrected chi connectivity index (χ4v) is 4.65. The van der Waals surface area contributed by atoms with E-state index in [1.54, 1.807) is 27.0 Å². The Balaban J connectivity index is 1.48. The molecule has 35 heavy (non-hydrogen) atoms. The third-order valence-corrected chi connectivity index (χ3v) is 6.86. The number of carbonyl (C=O) groups is 4. The van der Waals surface area contributed by atoms with E-state index in [4.69, 9.17) is 0 Å². The number of nitrogens with zero attached hydrogens (tertiary/aromatic N) is 2. The molecule has 9 nitrogen and oxygen atoms in total. The van der Waals surface area contributed by atoms with Crippen LogP contribution in [-0.2, 0) is 33.8 Å². The van der Waals surface area contributed by atoms with Gasteiger partial charge < -0.3 is 20.2 Å². The molecule has 0 aromatic heterocycles. The Morgan fingerprint density at radius 1 is 1.11 bits per heavy atom. The van der Waals surface area contributed by atoms with Gasteiger partial charge in [0.05, 0.1) is 12.0 Å². The molecule has 0 saturated carbocycles. The first-order chi connectivity index (χ1) is 16.6. The van der Waals surface area contributed by atoms with Crippen molar-refractivity contribution in [3.05, 3.63) is 65.2 Å². The highest BCUT2D eigenvalue weighted by atomic mass is 16.3. The van der Waals surface area contributed by atoms with Gasteiger partial charge in [-0.1, -0.05) is 36.4 Å². The molecule has 1 fully saturated rings. The standard InChI is InChI=1S/C26H30N4O5/c1-25(2,16-31)23(34)30(14-17-7-5-4-6-8-17)15-21(32)27-20-10-9-18-12-26(13-19(18)11-20)22(33)28-24(35)29(26)3/h4-11,31H,12-16H2,1-3H3,(H,27,32)(H,28,33,35). The summed E-state index contributed by atoms with van der Waals surface area (Å²) in [6.07, 6.45) is 0.781. The molecule has 1 atom stereocenters. The average molecular weight is 479 g/mol. The van der Waals surface area contributed by atoms with Crippen LogP contribution in [0.25, 0.3) is 0 Å². The molecule has 2 aliphatic rings. The molecule has 4 rings (SSSR count). The molecule has 1 spiro atoms. The Morgan fingerprint density at radius 3 is 2.43 bits per heavy atom. The molecule has 184 valence electrons. The van der Waals surface area contributed by atoms with Gasteiger partial charge in [0, 0.05) is 32.1 Å². The molecule has 1 aliphatic carbocycles. The predicted octanol–water partition coefficient (Wildman–Crippen LogP) is 1.69. The minimum atomic E-state index is -1.03. The van der Waals surface area contributed by atoms with Crippen molar-refractivity contribution in [3.8, 4) is 0 Å². The summed E-state index contributed by atoms with van der Waals surface area (Å²) in [5.74, 6) is -1.01. The van der Waals surface area contributed by atoms with Gasteiger partial charge in [-0.05, 0) is 42.7 Å². The van der Waals surface area contributed by atoms with E-state index in [1.807, 2.05) is 42.5 Å². The second-order valence-corrected chi connectivity index (χ2v) is 9.92. The lowest BCUT2D eigenvalue weighted by Gasteiger charge is -2.30. The Kier molecular flexibility index (Phi) is 6.38. The van der Waals surface area contributed by atoms with Crippen molar-refractivity contribution in [2.24, 2.45) is 5.41 Å². The van der Waals surface area contributed by atoms with Crippen LogP contribution < -0.4 is 10.6 Å². The molecule has 0 bridgehead atoms. The summed E-state index contributed by atoms with van der Waals surface area (Å²) >= 11 is 0. The van der Waals surface area contributed by atoms with Gasteiger partial charge in [-0.2, -0.15) is 0 Å². The van der Waals surface area contributed by atoms with E-state index in [-0.39, 0.29) is 37.4 Å². The third-order valence-electron chi connectivity index (χ3n) is 6.86. The SMILES string of the molecule is CN1C(=O)NC(=O)C12Cc1ccc(NC(=O)CN(Cc3ccccc3)C(=O)C(C)(C)CO)cc1C2. The summed E-state index contributed by atoms with van der Waals surface area (Å²) in [6, 6.07) is 14.4. The molecule has 0 radical (unpaired) electrons. The van der Waals surface area contributed by atoms with Gasteiger partial charge in [0.25, 0.3) is 5.91 Å². The number of hydrogen-bond donors (Lipinski definition) is 3. The highest BCUT2D eigenvalue weighted by molar-refractivity contribution is 6.07. The molecule has 5 amide bonds. The quantitative estimate of drug-likeness (QED) is 0.524. The maximum Gasteiger partial charge on any atom is 0.324 e. The number of likely N-dealkylation sites (N-methyl/N-ethyl adjacent to an activating group) is 1. The first kappa shape index (κ1) is 24.4. The van der Waals surface area contributed by atoms with Crippen LogP contribution in [0.2, 0.25) is 0 Å². The van der Waals surface area contributed by atoms with Crippen LogP contribution in [0.3, 0.4) is 0 Å². The summed E-state index contributed by atoms with van der Waals surface area (Å²) in [7, 11) is 1.61. The number of amides is 5. The van der Waals surface area contributed by atoms with E-state index in [2.05, 4.69) is 10.6 Å². The number of urea groups is 1. The number of nitrogens with one attached hydrogen (secondary N) is 2. The molecule has 2 aromatic carbocycles. The van der Waals surface area contributed by atoms with E-state index < -0.39 is 17.0 Å². The fourth-order valence-electron chi connectivity index (χ4n) is 4.65. The van der Waals surface area contributed by atoms with Crippen molar-refractivity contribution < 1.29 is 24.3 Å². The number of aliphatic hydroxyl groups is 1. The number of anilines is 1. The fraction of sp³-hybridized carbons (Fsp3) is 0.385. The maximum atomic E-state index is 13.1. The summed E-state index contributed by atoms with van der Waals surface area (Å²) < 4.78 is 0. The molecule has 1 saturated heterocycles. The van der Waals surface area contributed by atoms with E-state index in [0.717, 1.165) is 16.7 Å². The van der Waals surface area contributed by atoms with Gasteiger partial charge in [0.15, 0.2) is 0 Å². The Morgan fingerprint density at radius 2 is 1.80 bits per heavy atom. The summed E-state index contributed by atoms with van der Waals surface area (Å²) in [5.41, 5.74) is 1.30. The smallest absolute Gasteiger partial charge is 0.324 e. The number of carbonyl (C=O) groups excluding carboxylic acids is 4. The number of benzene rings is 2. The molecule has 9 heteroatoms. The van der Waals surface area contributed by atoms with Crippen molar-refractivity contribution in [2.75, 3.05) is 25.5 Å². The monoisotopic (exact) mass is 478 g/mol. The zero-order valence-electron chi connectivity index (χ0n) is 20.1. The highest BCUT2D eigenvalue weighted by Crippen LogP contribution is 2.38. The lowest BCUT2D eigenvalue weighted by molar-refractivity contribution is -0.145. The lowest BCUT2D eigenvalue weighted by atomic mass is 9.92. The van der Waals surface area contributed by atoms with Crippen LogP contribution in [0.4, 0.5) is 10.5 Å². The van der Waals surface area contributed by atoms with Crippen molar-refractivity contribution in [3.63, 3.8) is 0 Å². The summed E-state index contributed by atoms with van der Waals surface area (Å²) in [4.78, 5) is 53.4. The van der Waals surface area contributed by atoms with Gasteiger partial charge in [-0.3, -0.25) is 19.7 Å². The zero-order valence-corrected chi connectivity index (χ0v) is 20.1. The van der Waals surface area contributed by atoms with Crippen LogP contribution >= 0.6 is 0 Å². The number of rotatable bonds is 7. The van der Waals surface area contributed by atoms with Gasteiger partial charge >= 0.3 is 6.03 Å². The van der Waals surface area contributed by atoms with Crippen LogP contribution in [0.15, 0.2) is 48.5 Å². The van der Waals surface area contributed by atoms with Crippen molar-refractivity contribution in [1.29, 1.82) is 0 Å². The maximum absolute atomic E-state index is 13.1. The summed E-state index contributed by atoms with van der Waals surface area (Å²) in [5, 5.41) is 14.9. The number of hydrogen-bond acceptors (Lipinski definition) is 5. The van der Waals surface area contributed by atoms with Crippen LogP contribution in [0, 0.1) is 5.41 Å². The molecular weight excluding hydrogens is 448 g/mol. The summed E-state index contributed by atoms with van der Waals surface area (Å²) in [6.45, 7) is 3.00. The number of fused-ring (bicyclic) bond motifs is 1. The van der Waals surface area contributed by atoms with Gasteiger partial charge in [0.1, 0.15) is 12.1 Å². The Labute approximate surface area is 204 Å². The van der Waals surface area contributed by atoms with Crippen LogP contribution in [0.1, 0.15) is 30.5 Å². The van der Waals surface area contributed by atoms with Crippen molar-refractivity contribution >= 4 is 29.4 Å². The third kappa shape index (κ3) is 4.64. The van der Waals surface area contributed by atoms with E-state index >= 15 is 0 Å². The van der Waals surface area contributed by atoms with Crippen molar-refractivity contribution in [2.45, 2.75) is 38.8 Å². The molecule has 1 unspecified atom stereocenters. The highest BCUT2D eigenvalue weighted by Gasteiger charge is 2.54. The number of aliphatic hydroxyl groups excluding tert-OH is 1. The topological polar surface area (TPSA) is 119 Å². The normalized spacial score (nSPS) is 19.0. The zero-order chi connectivity index (χ0) is 25.4. The van der Waals surface area contributed by atoms with Crippen molar-refractivity contribution in [1.82, 2.24) is 15.1 Å². The van der Waals surface area contributed by atoms with Crippen LogP contribution in [0.5, 0.6) is 0 Å². The van der Waals surface area contributed by atoms with Gasteiger partial charge in [-0.25, -0.2) is 4.79 Å². The first-order valence-electron chi connectivity index (χ1n) is 11.5. The van der Waals surface area contributed by atoms with E-state index in [0.29, 0.717) is 18.5 Å². The van der Waals surface area contributed by atoms with E-state index in [9.17, 15) is 24.3 Å². The Hall–Kier alpha value is -3.72.